The highest BCUT2D eigenvalue weighted by atomic mass is 15.2. The number of hydrogen-bond acceptors (Lipinski definition) is 2. The standard InChI is InChI=1S/C15H32N2/c1-6-8-12(3)17(5)15-11-13(7-2)9-10-14(15)16-4/h12-16H,6-11H2,1-5H3. The van der Waals surface area contributed by atoms with Crippen LogP contribution in [0.5, 0.6) is 0 Å². The quantitative estimate of drug-likeness (QED) is 0.766. The molecule has 1 rings (SSSR count). The van der Waals surface area contributed by atoms with Crippen molar-refractivity contribution in [2.75, 3.05) is 14.1 Å². The van der Waals surface area contributed by atoms with E-state index < -0.39 is 0 Å². The Morgan fingerprint density at radius 1 is 1.29 bits per heavy atom. The molecule has 0 saturated heterocycles. The van der Waals surface area contributed by atoms with Crippen molar-refractivity contribution in [3.63, 3.8) is 0 Å². The highest BCUT2D eigenvalue weighted by Crippen LogP contribution is 2.30. The molecule has 17 heavy (non-hydrogen) atoms. The predicted molar refractivity (Wildman–Crippen MR) is 76.4 cm³/mol. The van der Waals surface area contributed by atoms with E-state index in [1.165, 1.54) is 38.5 Å². The molecule has 0 aromatic carbocycles. The summed E-state index contributed by atoms with van der Waals surface area (Å²) in [6, 6.07) is 2.15. The van der Waals surface area contributed by atoms with Crippen LogP contribution in [-0.2, 0) is 0 Å². The average molecular weight is 240 g/mol. The third-order valence-electron chi connectivity index (χ3n) is 4.80. The van der Waals surface area contributed by atoms with Crippen molar-refractivity contribution in [2.24, 2.45) is 5.92 Å². The molecule has 2 nitrogen and oxygen atoms in total. The van der Waals surface area contributed by atoms with Gasteiger partial charge in [0.2, 0.25) is 0 Å². The average Bonchev–Trinajstić information content (AvgIpc) is 2.37. The molecule has 1 N–H and O–H groups in total. The molecule has 0 aliphatic heterocycles. The molecule has 0 aromatic heterocycles. The zero-order chi connectivity index (χ0) is 12.8. The maximum atomic E-state index is 3.53. The molecule has 1 fully saturated rings. The van der Waals surface area contributed by atoms with Gasteiger partial charge < -0.3 is 5.32 Å². The van der Waals surface area contributed by atoms with Crippen LogP contribution in [0.3, 0.4) is 0 Å². The van der Waals surface area contributed by atoms with E-state index in [1.807, 2.05) is 0 Å². The minimum Gasteiger partial charge on any atom is -0.315 e. The van der Waals surface area contributed by atoms with Crippen LogP contribution < -0.4 is 5.32 Å². The molecular formula is C15H32N2. The van der Waals surface area contributed by atoms with Gasteiger partial charge >= 0.3 is 0 Å². The summed E-state index contributed by atoms with van der Waals surface area (Å²) in [5.41, 5.74) is 0. The summed E-state index contributed by atoms with van der Waals surface area (Å²) in [6.07, 6.45) is 8.10. The summed E-state index contributed by atoms with van der Waals surface area (Å²) in [4.78, 5) is 2.63. The van der Waals surface area contributed by atoms with Crippen LogP contribution >= 0.6 is 0 Å². The third-order valence-corrected chi connectivity index (χ3v) is 4.80. The molecule has 102 valence electrons. The van der Waals surface area contributed by atoms with Gasteiger partial charge in [0.15, 0.2) is 0 Å². The Kier molecular flexibility index (Phi) is 6.50. The van der Waals surface area contributed by atoms with Gasteiger partial charge in [-0.3, -0.25) is 4.90 Å². The first kappa shape index (κ1) is 15.0. The molecule has 0 heterocycles. The van der Waals surface area contributed by atoms with Crippen molar-refractivity contribution in [1.29, 1.82) is 0 Å². The van der Waals surface area contributed by atoms with Gasteiger partial charge in [0, 0.05) is 18.1 Å². The maximum absolute atomic E-state index is 3.53. The number of rotatable bonds is 6. The lowest BCUT2D eigenvalue weighted by atomic mass is 9.80. The zero-order valence-corrected chi connectivity index (χ0v) is 12.5. The fourth-order valence-electron chi connectivity index (χ4n) is 3.34. The fourth-order valence-corrected chi connectivity index (χ4v) is 3.34. The first-order valence-electron chi connectivity index (χ1n) is 7.53. The first-order chi connectivity index (χ1) is 8.13. The minimum atomic E-state index is 0.696. The first-order valence-corrected chi connectivity index (χ1v) is 7.53. The second-order valence-corrected chi connectivity index (χ2v) is 5.85. The lowest BCUT2D eigenvalue weighted by Gasteiger charge is -2.43. The molecule has 2 heteroatoms. The minimum absolute atomic E-state index is 0.696. The van der Waals surface area contributed by atoms with Crippen molar-refractivity contribution in [3.05, 3.63) is 0 Å². The second kappa shape index (κ2) is 7.38. The van der Waals surface area contributed by atoms with Gasteiger partial charge in [-0.05, 0) is 52.6 Å². The van der Waals surface area contributed by atoms with Crippen molar-refractivity contribution in [3.8, 4) is 0 Å². The number of nitrogens with one attached hydrogen (secondary N) is 1. The van der Waals surface area contributed by atoms with Crippen LogP contribution in [0.2, 0.25) is 0 Å². The molecule has 0 spiro atoms. The molecule has 4 atom stereocenters. The summed E-state index contributed by atoms with van der Waals surface area (Å²) in [7, 11) is 4.45. The van der Waals surface area contributed by atoms with E-state index in [9.17, 15) is 0 Å². The zero-order valence-electron chi connectivity index (χ0n) is 12.5. The van der Waals surface area contributed by atoms with Gasteiger partial charge in [-0.1, -0.05) is 26.7 Å². The van der Waals surface area contributed by atoms with E-state index in [1.54, 1.807) is 0 Å². The van der Waals surface area contributed by atoms with Crippen LogP contribution in [0.15, 0.2) is 0 Å². The maximum Gasteiger partial charge on any atom is 0.0251 e. The van der Waals surface area contributed by atoms with E-state index in [2.05, 4.69) is 45.1 Å². The molecule has 0 radical (unpaired) electrons. The van der Waals surface area contributed by atoms with Crippen molar-refractivity contribution in [2.45, 2.75) is 77.4 Å². The molecule has 0 amide bonds. The van der Waals surface area contributed by atoms with Crippen LogP contribution in [-0.4, -0.2) is 37.1 Å². The Bertz CT molecular complexity index is 205. The number of hydrogen-bond donors (Lipinski definition) is 1. The molecule has 0 aromatic rings. The van der Waals surface area contributed by atoms with Crippen molar-refractivity contribution < 1.29 is 0 Å². The monoisotopic (exact) mass is 240 g/mol. The van der Waals surface area contributed by atoms with Crippen LogP contribution in [0.1, 0.15) is 59.3 Å². The van der Waals surface area contributed by atoms with E-state index >= 15 is 0 Å². The van der Waals surface area contributed by atoms with E-state index in [4.69, 9.17) is 0 Å². The lowest BCUT2D eigenvalue weighted by molar-refractivity contribution is 0.0876. The van der Waals surface area contributed by atoms with Gasteiger partial charge in [-0.15, -0.1) is 0 Å². The largest absolute Gasteiger partial charge is 0.315 e. The Morgan fingerprint density at radius 2 is 2.00 bits per heavy atom. The topological polar surface area (TPSA) is 15.3 Å². The Morgan fingerprint density at radius 3 is 2.53 bits per heavy atom. The van der Waals surface area contributed by atoms with Crippen molar-refractivity contribution >= 4 is 0 Å². The normalized spacial score (nSPS) is 31.8. The lowest BCUT2D eigenvalue weighted by Crippen LogP contribution is -2.53. The van der Waals surface area contributed by atoms with Gasteiger partial charge in [0.25, 0.3) is 0 Å². The van der Waals surface area contributed by atoms with E-state index in [0.717, 1.165) is 18.0 Å². The summed E-state index contributed by atoms with van der Waals surface area (Å²) in [6.45, 7) is 7.01. The van der Waals surface area contributed by atoms with Crippen LogP contribution in [0, 0.1) is 5.92 Å². The van der Waals surface area contributed by atoms with Crippen LogP contribution in [0.4, 0.5) is 0 Å². The van der Waals surface area contributed by atoms with E-state index in [0.29, 0.717) is 6.04 Å². The smallest absolute Gasteiger partial charge is 0.0251 e. The molecular weight excluding hydrogens is 208 g/mol. The molecule has 4 unspecified atom stereocenters. The summed E-state index contributed by atoms with van der Waals surface area (Å²) >= 11 is 0. The summed E-state index contributed by atoms with van der Waals surface area (Å²) < 4.78 is 0. The summed E-state index contributed by atoms with van der Waals surface area (Å²) in [5, 5.41) is 3.53. The SMILES string of the molecule is CCCC(C)N(C)C1CC(CC)CCC1NC. The Hall–Kier alpha value is -0.0800. The highest BCUT2D eigenvalue weighted by Gasteiger charge is 2.32. The summed E-state index contributed by atoms with van der Waals surface area (Å²) in [5.74, 6) is 0.945. The Labute approximate surface area is 108 Å². The van der Waals surface area contributed by atoms with Gasteiger partial charge in [-0.2, -0.15) is 0 Å². The predicted octanol–water partition coefficient (Wildman–Crippen LogP) is 3.27. The van der Waals surface area contributed by atoms with Crippen molar-refractivity contribution in [1.82, 2.24) is 10.2 Å². The van der Waals surface area contributed by atoms with E-state index in [-0.39, 0.29) is 0 Å². The Balaban J connectivity index is 2.61. The van der Waals surface area contributed by atoms with Gasteiger partial charge in [-0.25, -0.2) is 0 Å². The third kappa shape index (κ3) is 3.96. The fraction of sp³-hybridized carbons (Fsp3) is 1.00. The molecule has 1 aliphatic carbocycles. The highest BCUT2D eigenvalue weighted by molar-refractivity contribution is 4.90. The molecule has 0 bridgehead atoms. The molecule has 1 saturated carbocycles. The van der Waals surface area contributed by atoms with Gasteiger partial charge in [0.05, 0.1) is 0 Å². The van der Waals surface area contributed by atoms with Gasteiger partial charge in [0.1, 0.15) is 0 Å². The molecule has 1 aliphatic rings. The second-order valence-electron chi connectivity index (χ2n) is 5.85. The number of likely N-dealkylation sites (N-methyl/N-ethyl adjacent to an activating group) is 2. The number of nitrogens with zero attached hydrogens (tertiary/aromatic N) is 1. The van der Waals surface area contributed by atoms with Crippen LogP contribution in [0.25, 0.3) is 0 Å².